The molecule has 0 fully saturated rings. The van der Waals surface area contributed by atoms with Gasteiger partial charge in [-0.1, -0.05) is 0 Å². The van der Waals surface area contributed by atoms with Crippen LogP contribution in [0.25, 0.3) is 0 Å². The Morgan fingerprint density at radius 1 is 1.75 bits per heavy atom. The number of likely N-dealkylation sites (N-methyl/N-ethyl adjacent to an activating group) is 1. The fraction of sp³-hybridized carbons (Fsp3) is 0.333. The minimum atomic E-state index is 1.07. The van der Waals surface area contributed by atoms with E-state index < -0.39 is 0 Å². The number of fused-ring (bicyclic) bond motifs is 1. The van der Waals surface area contributed by atoms with Crippen molar-refractivity contribution in [1.29, 1.82) is 0 Å². The maximum absolute atomic E-state index is 3.11. The summed E-state index contributed by atoms with van der Waals surface area (Å²) in [5.41, 5.74) is 2.65. The third-order valence-corrected chi connectivity index (χ3v) is 1.56. The van der Waals surface area contributed by atoms with Gasteiger partial charge in [-0.15, -0.1) is 0 Å². The van der Waals surface area contributed by atoms with Crippen LogP contribution in [0.2, 0.25) is 0 Å². The average Bonchev–Trinajstić information content (AvgIpc) is 2.46. The van der Waals surface area contributed by atoms with Gasteiger partial charge in [0.25, 0.3) is 0 Å². The summed E-state index contributed by atoms with van der Waals surface area (Å²) in [7, 11) is 1.95. The summed E-state index contributed by atoms with van der Waals surface area (Å²) in [5.74, 6) is 0. The Morgan fingerprint density at radius 2 is 2.62 bits per heavy atom. The van der Waals surface area contributed by atoms with Crippen LogP contribution in [0.4, 0.5) is 0 Å². The number of nitrogens with zero attached hydrogens (tertiary/aromatic N) is 1. The van der Waals surface area contributed by atoms with Crippen molar-refractivity contribution in [3.05, 3.63) is 23.7 Å². The van der Waals surface area contributed by atoms with Gasteiger partial charge in [-0.3, -0.25) is 0 Å². The van der Waals surface area contributed by atoms with Crippen LogP contribution in [0.15, 0.2) is 23.7 Å². The smallest absolute Gasteiger partial charge is 0.0807 e. The zero-order chi connectivity index (χ0) is 5.56. The lowest BCUT2D eigenvalue weighted by Crippen LogP contribution is -2.02. The summed E-state index contributed by atoms with van der Waals surface area (Å²) in [6, 6.07) is 0. The Labute approximate surface area is 48.5 Å². The van der Waals surface area contributed by atoms with Gasteiger partial charge >= 0.3 is 0 Å². The molecule has 0 aliphatic carbocycles. The highest BCUT2D eigenvalue weighted by Gasteiger charge is 2.27. The van der Waals surface area contributed by atoms with E-state index >= 15 is 0 Å². The summed E-state index contributed by atoms with van der Waals surface area (Å²) in [5, 5.41) is 3.11. The van der Waals surface area contributed by atoms with Crippen molar-refractivity contribution >= 4 is 0 Å². The summed E-state index contributed by atoms with van der Waals surface area (Å²) < 4.78 is 0. The summed E-state index contributed by atoms with van der Waals surface area (Å²) in [4.78, 5) is 2.21. The number of hydrogen-bond acceptors (Lipinski definition) is 2. The highest BCUT2D eigenvalue weighted by Crippen LogP contribution is 2.31. The molecule has 0 atom stereocenters. The lowest BCUT2D eigenvalue weighted by atomic mass is 10.4. The summed E-state index contributed by atoms with van der Waals surface area (Å²) in [6.07, 6.45) is 4.33. The second-order valence-corrected chi connectivity index (χ2v) is 2.03. The third-order valence-electron chi connectivity index (χ3n) is 1.56. The van der Waals surface area contributed by atoms with E-state index in [1.54, 1.807) is 0 Å². The van der Waals surface area contributed by atoms with Crippen molar-refractivity contribution in [3.63, 3.8) is 0 Å². The molecule has 8 heavy (non-hydrogen) atoms. The molecular formula is C6H8N2. The van der Waals surface area contributed by atoms with Gasteiger partial charge in [-0.2, -0.15) is 0 Å². The van der Waals surface area contributed by atoms with Gasteiger partial charge in [-0.05, 0) is 6.08 Å². The Balaban J connectivity index is 2.22. The molecule has 0 aromatic carbocycles. The second-order valence-electron chi connectivity index (χ2n) is 2.03. The van der Waals surface area contributed by atoms with E-state index in [9.17, 15) is 0 Å². The number of rotatable bonds is 1. The molecule has 2 aliphatic heterocycles. The molecule has 2 nitrogen and oxygen atoms in total. The van der Waals surface area contributed by atoms with Crippen LogP contribution < -0.4 is 5.32 Å². The van der Waals surface area contributed by atoms with E-state index in [1.165, 1.54) is 11.4 Å². The van der Waals surface area contributed by atoms with Gasteiger partial charge in [0.1, 0.15) is 0 Å². The lowest BCUT2D eigenvalue weighted by molar-refractivity contribution is 0.679. The van der Waals surface area contributed by atoms with Crippen molar-refractivity contribution < 1.29 is 0 Å². The molecule has 1 N–H and O–H groups in total. The van der Waals surface area contributed by atoms with E-state index in [0.717, 1.165) is 6.54 Å². The molecule has 0 saturated heterocycles. The molecule has 0 radical (unpaired) electrons. The first kappa shape index (κ1) is 4.01. The Hall–Kier alpha value is -0.920. The van der Waals surface area contributed by atoms with E-state index in [-0.39, 0.29) is 0 Å². The fourth-order valence-corrected chi connectivity index (χ4v) is 1.02. The molecule has 0 spiro atoms. The standard InChI is InChI=1S/C6H8N2/c1-7-5-2-3-8-4-6(5)8/h2,4,7H,3H2,1H3. The first-order valence-electron chi connectivity index (χ1n) is 2.78. The highest BCUT2D eigenvalue weighted by molar-refractivity contribution is 5.44. The van der Waals surface area contributed by atoms with Crippen LogP contribution in [-0.2, 0) is 0 Å². The fourth-order valence-electron chi connectivity index (χ4n) is 1.02. The van der Waals surface area contributed by atoms with Crippen molar-refractivity contribution in [3.8, 4) is 0 Å². The minimum absolute atomic E-state index is 1.07. The zero-order valence-corrected chi connectivity index (χ0v) is 4.81. The van der Waals surface area contributed by atoms with Crippen LogP contribution in [0, 0.1) is 0 Å². The van der Waals surface area contributed by atoms with Crippen LogP contribution in [-0.4, -0.2) is 18.5 Å². The molecule has 0 aromatic heterocycles. The molecule has 0 aromatic rings. The predicted octanol–water partition coefficient (Wildman–Crippen LogP) is 0.260. The highest BCUT2D eigenvalue weighted by atomic mass is 15.3. The SMILES string of the molecule is CNC1=CCN2C=C12. The van der Waals surface area contributed by atoms with Crippen LogP contribution in [0.1, 0.15) is 0 Å². The normalized spacial score (nSPS) is 21.9. The Kier molecular flexibility index (Phi) is 0.539. The quantitative estimate of drug-likeness (QED) is 0.518. The molecule has 0 saturated carbocycles. The third kappa shape index (κ3) is 0.327. The molecule has 42 valence electrons. The Bertz CT molecular complexity index is 179. The van der Waals surface area contributed by atoms with E-state index in [4.69, 9.17) is 0 Å². The van der Waals surface area contributed by atoms with Gasteiger partial charge in [0, 0.05) is 19.8 Å². The lowest BCUT2D eigenvalue weighted by Gasteiger charge is -1.93. The van der Waals surface area contributed by atoms with Crippen molar-refractivity contribution in [2.45, 2.75) is 0 Å². The molecule has 2 heteroatoms. The average molecular weight is 108 g/mol. The van der Waals surface area contributed by atoms with Gasteiger partial charge in [-0.25, -0.2) is 0 Å². The zero-order valence-electron chi connectivity index (χ0n) is 4.81. The summed E-state index contributed by atoms with van der Waals surface area (Å²) >= 11 is 0. The molecule has 0 unspecified atom stereocenters. The van der Waals surface area contributed by atoms with Gasteiger partial charge in [0.2, 0.25) is 0 Å². The molecule has 2 aliphatic rings. The van der Waals surface area contributed by atoms with Gasteiger partial charge in [0.05, 0.1) is 11.4 Å². The maximum Gasteiger partial charge on any atom is 0.0807 e. The van der Waals surface area contributed by atoms with E-state index in [1.807, 2.05) is 7.05 Å². The maximum atomic E-state index is 3.11. The van der Waals surface area contributed by atoms with Crippen LogP contribution in [0.3, 0.4) is 0 Å². The van der Waals surface area contributed by atoms with Crippen LogP contribution >= 0.6 is 0 Å². The first-order valence-corrected chi connectivity index (χ1v) is 2.78. The van der Waals surface area contributed by atoms with Crippen LogP contribution in [0.5, 0.6) is 0 Å². The van der Waals surface area contributed by atoms with Crippen molar-refractivity contribution in [2.24, 2.45) is 0 Å². The largest absolute Gasteiger partial charge is 0.387 e. The van der Waals surface area contributed by atoms with E-state index in [2.05, 4.69) is 22.5 Å². The van der Waals surface area contributed by atoms with E-state index in [0.29, 0.717) is 0 Å². The summed E-state index contributed by atoms with van der Waals surface area (Å²) in [6.45, 7) is 1.07. The molecule has 2 heterocycles. The monoisotopic (exact) mass is 108 g/mol. The topological polar surface area (TPSA) is 15.0 Å². The number of nitrogens with one attached hydrogen (secondary N) is 1. The number of hydrogen-bond donors (Lipinski definition) is 1. The first-order chi connectivity index (χ1) is 3.92. The van der Waals surface area contributed by atoms with Crippen molar-refractivity contribution in [1.82, 2.24) is 10.2 Å². The molecule has 0 amide bonds. The molecule has 0 bridgehead atoms. The van der Waals surface area contributed by atoms with Crippen molar-refractivity contribution in [2.75, 3.05) is 13.6 Å². The second kappa shape index (κ2) is 1.08. The molecule has 2 rings (SSSR count). The predicted molar refractivity (Wildman–Crippen MR) is 31.9 cm³/mol. The van der Waals surface area contributed by atoms with Gasteiger partial charge < -0.3 is 10.2 Å². The van der Waals surface area contributed by atoms with Gasteiger partial charge in [0.15, 0.2) is 0 Å². The Morgan fingerprint density at radius 3 is 2.88 bits per heavy atom. The molecular weight excluding hydrogens is 100 g/mol. The minimum Gasteiger partial charge on any atom is -0.387 e.